The minimum absolute atomic E-state index is 0.144. The van der Waals surface area contributed by atoms with Crippen molar-refractivity contribution in [2.24, 2.45) is 0 Å². The van der Waals surface area contributed by atoms with Crippen LogP contribution in [0, 0.1) is 11.8 Å². The summed E-state index contributed by atoms with van der Waals surface area (Å²) in [6, 6.07) is 7.72. The lowest BCUT2D eigenvalue weighted by Crippen LogP contribution is -1.91. The van der Waals surface area contributed by atoms with Gasteiger partial charge in [0, 0.05) is 24.7 Å². The molecule has 0 saturated heterocycles. The van der Waals surface area contributed by atoms with Crippen LogP contribution < -0.4 is 4.74 Å². The predicted molar refractivity (Wildman–Crippen MR) is 72.2 cm³/mol. The van der Waals surface area contributed by atoms with Crippen molar-refractivity contribution < 1.29 is 9.53 Å². The zero-order chi connectivity index (χ0) is 12.5. The average molecular weight is 248 g/mol. The SMILES string of the molecule is CCOc1cccc(C#CCCSC(C)=O)c1. The summed E-state index contributed by atoms with van der Waals surface area (Å²) in [6.07, 6.45) is 0.725. The lowest BCUT2D eigenvalue weighted by molar-refractivity contribution is -0.109. The molecule has 0 amide bonds. The Balaban J connectivity index is 2.47. The molecule has 0 bridgehead atoms. The van der Waals surface area contributed by atoms with Crippen molar-refractivity contribution in [3.8, 4) is 17.6 Å². The van der Waals surface area contributed by atoms with Gasteiger partial charge >= 0.3 is 0 Å². The summed E-state index contributed by atoms with van der Waals surface area (Å²) in [5.74, 6) is 7.71. The van der Waals surface area contributed by atoms with E-state index in [1.165, 1.54) is 11.8 Å². The molecule has 0 heterocycles. The first-order valence-electron chi connectivity index (χ1n) is 5.57. The fourth-order valence-electron chi connectivity index (χ4n) is 1.24. The van der Waals surface area contributed by atoms with Gasteiger partial charge in [-0.25, -0.2) is 0 Å². The molecule has 0 saturated carbocycles. The Morgan fingerprint density at radius 1 is 1.47 bits per heavy atom. The third-order valence-electron chi connectivity index (χ3n) is 1.91. The van der Waals surface area contributed by atoms with Gasteiger partial charge in [-0.05, 0) is 25.1 Å². The van der Waals surface area contributed by atoms with Crippen molar-refractivity contribution in [3.63, 3.8) is 0 Å². The maximum Gasteiger partial charge on any atom is 0.185 e. The van der Waals surface area contributed by atoms with Crippen LogP contribution in [0.15, 0.2) is 24.3 Å². The molecule has 90 valence electrons. The number of carbonyl (C=O) groups is 1. The molecular formula is C14H16O2S. The van der Waals surface area contributed by atoms with Crippen molar-refractivity contribution in [1.29, 1.82) is 0 Å². The highest BCUT2D eigenvalue weighted by atomic mass is 32.2. The average Bonchev–Trinajstić information content (AvgIpc) is 2.29. The summed E-state index contributed by atoms with van der Waals surface area (Å²) in [7, 11) is 0. The number of thioether (sulfide) groups is 1. The maximum atomic E-state index is 10.7. The second-order valence-electron chi connectivity index (χ2n) is 3.35. The molecule has 17 heavy (non-hydrogen) atoms. The van der Waals surface area contributed by atoms with Gasteiger partial charge in [0.25, 0.3) is 0 Å². The van der Waals surface area contributed by atoms with Gasteiger partial charge in [-0.1, -0.05) is 29.7 Å². The summed E-state index contributed by atoms with van der Waals surface area (Å²) in [5, 5.41) is 0.144. The standard InChI is InChI=1S/C14H16O2S/c1-3-16-14-9-6-8-13(11-14)7-4-5-10-17-12(2)15/h6,8-9,11H,3,5,10H2,1-2H3. The van der Waals surface area contributed by atoms with Crippen molar-refractivity contribution in [3.05, 3.63) is 29.8 Å². The molecule has 0 spiro atoms. The zero-order valence-corrected chi connectivity index (χ0v) is 11.0. The lowest BCUT2D eigenvalue weighted by Gasteiger charge is -2.01. The molecule has 3 heteroatoms. The summed E-state index contributed by atoms with van der Waals surface area (Å²) in [5.41, 5.74) is 0.948. The molecule has 0 aliphatic heterocycles. The topological polar surface area (TPSA) is 26.3 Å². The van der Waals surface area contributed by atoms with E-state index in [2.05, 4.69) is 11.8 Å². The Hall–Kier alpha value is -1.40. The molecule has 2 nitrogen and oxygen atoms in total. The monoisotopic (exact) mass is 248 g/mol. The number of carbonyl (C=O) groups excluding carboxylic acids is 1. The maximum absolute atomic E-state index is 10.7. The van der Waals surface area contributed by atoms with Crippen LogP contribution in [0.5, 0.6) is 5.75 Å². The van der Waals surface area contributed by atoms with Crippen LogP contribution in [0.3, 0.4) is 0 Å². The molecule has 0 atom stereocenters. The predicted octanol–water partition coefficient (Wildman–Crippen LogP) is 3.11. The van der Waals surface area contributed by atoms with Gasteiger partial charge in [-0.15, -0.1) is 0 Å². The minimum atomic E-state index is 0.144. The van der Waals surface area contributed by atoms with Crippen LogP contribution in [0.4, 0.5) is 0 Å². The van der Waals surface area contributed by atoms with Crippen molar-refractivity contribution in [1.82, 2.24) is 0 Å². The number of hydrogen-bond donors (Lipinski definition) is 0. The van der Waals surface area contributed by atoms with Gasteiger partial charge in [0.15, 0.2) is 5.12 Å². The third kappa shape index (κ3) is 6.03. The third-order valence-corrected chi connectivity index (χ3v) is 2.72. The smallest absolute Gasteiger partial charge is 0.185 e. The lowest BCUT2D eigenvalue weighted by atomic mass is 10.2. The molecule has 0 aliphatic carbocycles. The van der Waals surface area contributed by atoms with E-state index in [-0.39, 0.29) is 5.12 Å². The summed E-state index contributed by atoms with van der Waals surface area (Å²) >= 11 is 1.31. The van der Waals surface area contributed by atoms with Gasteiger partial charge in [0.1, 0.15) is 5.75 Å². The summed E-state index contributed by atoms with van der Waals surface area (Å²) < 4.78 is 5.39. The largest absolute Gasteiger partial charge is 0.494 e. The van der Waals surface area contributed by atoms with E-state index >= 15 is 0 Å². The Morgan fingerprint density at radius 3 is 3.00 bits per heavy atom. The van der Waals surface area contributed by atoms with Crippen molar-refractivity contribution >= 4 is 16.9 Å². The molecule has 0 aromatic heterocycles. The van der Waals surface area contributed by atoms with E-state index in [0.29, 0.717) is 6.61 Å². The van der Waals surface area contributed by atoms with Crippen LogP contribution in [-0.2, 0) is 4.79 Å². The molecular weight excluding hydrogens is 232 g/mol. The van der Waals surface area contributed by atoms with E-state index in [0.717, 1.165) is 23.5 Å². The van der Waals surface area contributed by atoms with Gasteiger partial charge in [-0.3, -0.25) is 4.79 Å². The fraction of sp³-hybridized carbons (Fsp3) is 0.357. The van der Waals surface area contributed by atoms with E-state index in [1.807, 2.05) is 31.2 Å². The van der Waals surface area contributed by atoms with Crippen LogP contribution in [0.2, 0.25) is 0 Å². The highest BCUT2D eigenvalue weighted by molar-refractivity contribution is 8.13. The number of hydrogen-bond acceptors (Lipinski definition) is 3. The normalized spacial score (nSPS) is 9.29. The molecule has 0 aliphatic rings. The van der Waals surface area contributed by atoms with Crippen LogP contribution in [0.25, 0.3) is 0 Å². The second kappa shape index (κ2) is 7.81. The second-order valence-corrected chi connectivity index (χ2v) is 4.62. The highest BCUT2D eigenvalue weighted by Gasteiger charge is 1.93. The highest BCUT2D eigenvalue weighted by Crippen LogP contribution is 2.12. The van der Waals surface area contributed by atoms with Gasteiger partial charge in [0.2, 0.25) is 0 Å². The quantitative estimate of drug-likeness (QED) is 0.605. The van der Waals surface area contributed by atoms with Crippen molar-refractivity contribution in [2.45, 2.75) is 20.3 Å². The molecule has 1 rings (SSSR count). The zero-order valence-electron chi connectivity index (χ0n) is 10.2. The van der Waals surface area contributed by atoms with Crippen LogP contribution in [0.1, 0.15) is 25.8 Å². The fourth-order valence-corrected chi connectivity index (χ4v) is 1.73. The van der Waals surface area contributed by atoms with Gasteiger partial charge < -0.3 is 4.74 Å². The van der Waals surface area contributed by atoms with Crippen molar-refractivity contribution in [2.75, 3.05) is 12.4 Å². The Morgan fingerprint density at radius 2 is 2.29 bits per heavy atom. The van der Waals surface area contributed by atoms with Crippen LogP contribution >= 0.6 is 11.8 Å². The molecule has 0 N–H and O–H groups in total. The summed E-state index contributed by atoms with van der Waals surface area (Å²) in [6.45, 7) is 4.19. The van der Waals surface area contributed by atoms with Gasteiger partial charge in [0.05, 0.1) is 6.61 Å². The number of benzene rings is 1. The van der Waals surface area contributed by atoms with Gasteiger partial charge in [-0.2, -0.15) is 0 Å². The van der Waals surface area contributed by atoms with E-state index in [9.17, 15) is 4.79 Å². The number of rotatable bonds is 4. The first-order valence-corrected chi connectivity index (χ1v) is 6.56. The first-order chi connectivity index (χ1) is 8.22. The first kappa shape index (κ1) is 13.7. The van der Waals surface area contributed by atoms with E-state index in [4.69, 9.17) is 4.74 Å². The summed E-state index contributed by atoms with van der Waals surface area (Å²) in [4.78, 5) is 10.7. The Kier molecular flexibility index (Phi) is 6.27. The Labute approximate surface area is 107 Å². The molecule has 0 unspecified atom stereocenters. The molecule has 1 aromatic rings. The number of ether oxygens (including phenoxy) is 1. The van der Waals surface area contributed by atoms with E-state index < -0.39 is 0 Å². The molecule has 0 fully saturated rings. The minimum Gasteiger partial charge on any atom is -0.494 e. The molecule has 0 radical (unpaired) electrons. The van der Waals surface area contributed by atoms with E-state index in [1.54, 1.807) is 6.92 Å². The molecule has 1 aromatic carbocycles. The Bertz CT molecular complexity index is 429. The van der Waals surface area contributed by atoms with Crippen LogP contribution in [-0.4, -0.2) is 17.5 Å².